The second-order valence-corrected chi connectivity index (χ2v) is 7.47. The number of thioether (sulfide) groups is 1. The summed E-state index contributed by atoms with van der Waals surface area (Å²) in [6, 6.07) is 12.2. The number of ether oxygens (including phenoxy) is 1. The first-order chi connectivity index (χ1) is 13.3. The van der Waals surface area contributed by atoms with Gasteiger partial charge in [0.2, 0.25) is 0 Å². The molecule has 2 amide bonds. The summed E-state index contributed by atoms with van der Waals surface area (Å²) in [5.74, 6) is -0.999. The van der Waals surface area contributed by atoms with Crippen LogP contribution in [0.1, 0.15) is 23.6 Å². The van der Waals surface area contributed by atoms with E-state index in [1.54, 1.807) is 36.4 Å². The lowest BCUT2D eigenvalue weighted by molar-refractivity contribution is -0.144. The molecule has 0 spiro atoms. The van der Waals surface area contributed by atoms with Crippen molar-refractivity contribution in [3.05, 3.63) is 64.1 Å². The third-order valence-electron chi connectivity index (χ3n) is 4.23. The number of carboxylic acids is 1. The van der Waals surface area contributed by atoms with Crippen LogP contribution in [-0.2, 0) is 9.59 Å². The van der Waals surface area contributed by atoms with E-state index in [9.17, 15) is 14.4 Å². The first kappa shape index (κ1) is 19.7. The molecule has 1 unspecified atom stereocenters. The number of imide groups is 1. The number of carbonyl (C=O) groups excluding carboxylic acids is 2. The molecule has 0 radical (unpaired) electrons. The Kier molecular flexibility index (Phi) is 5.56. The summed E-state index contributed by atoms with van der Waals surface area (Å²) in [5.41, 5.74) is 3.21. The van der Waals surface area contributed by atoms with Crippen molar-refractivity contribution in [3.63, 3.8) is 0 Å². The number of aryl methyl sites for hydroxylation is 2. The zero-order chi connectivity index (χ0) is 20.4. The first-order valence-electron chi connectivity index (χ1n) is 8.61. The Morgan fingerprint density at radius 2 is 1.82 bits per heavy atom. The smallest absolute Gasteiger partial charge is 0.344 e. The highest BCUT2D eigenvalue weighted by Gasteiger charge is 2.36. The zero-order valence-corrected chi connectivity index (χ0v) is 16.4. The molecule has 2 aromatic rings. The minimum Gasteiger partial charge on any atom is -0.479 e. The van der Waals surface area contributed by atoms with Crippen LogP contribution >= 0.6 is 11.8 Å². The van der Waals surface area contributed by atoms with Crippen LogP contribution in [0, 0.1) is 13.8 Å². The van der Waals surface area contributed by atoms with Crippen LogP contribution in [0.15, 0.2) is 47.4 Å². The van der Waals surface area contributed by atoms with Crippen LogP contribution in [0.25, 0.3) is 6.08 Å². The summed E-state index contributed by atoms with van der Waals surface area (Å²) in [6.07, 6.45) is 0.679. The summed E-state index contributed by atoms with van der Waals surface area (Å²) >= 11 is 0.893. The molecule has 144 valence electrons. The van der Waals surface area contributed by atoms with E-state index in [0.29, 0.717) is 21.9 Å². The van der Waals surface area contributed by atoms with Gasteiger partial charge in [-0.2, -0.15) is 0 Å². The molecule has 7 heteroatoms. The van der Waals surface area contributed by atoms with E-state index in [0.717, 1.165) is 22.9 Å². The van der Waals surface area contributed by atoms with Gasteiger partial charge in [0.15, 0.2) is 6.10 Å². The van der Waals surface area contributed by atoms with Crippen molar-refractivity contribution >= 4 is 40.6 Å². The standard InChI is InChI=1S/C21H19NO5S/c1-12-4-9-17(13(2)10-12)22-19(23)18(28-21(22)26)11-15-5-7-16(8-6-15)27-14(3)20(24)25/h4-11,14H,1-3H3,(H,24,25)/b18-11+. The summed E-state index contributed by atoms with van der Waals surface area (Å²) in [5, 5.41) is 8.55. The summed E-state index contributed by atoms with van der Waals surface area (Å²) in [7, 11) is 0. The topological polar surface area (TPSA) is 83.9 Å². The van der Waals surface area contributed by atoms with Crippen molar-refractivity contribution in [2.45, 2.75) is 26.9 Å². The van der Waals surface area contributed by atoms with E-state index in [1.165, 1.54) is 11.8 Å². The fraction of sp³-hybridized carbons (Fsp3) is 0.190. The maximum Gasteiger partial charge on any atom is 0.344 e. The van der Waals surface area contributed by atoms with Crippen molar-refractivity contribution < 1.29 is 24.2 Å². The van der Waals surface area contributed by atoms with Crippen LogP contribution in [0.5, 0.6) is 5.75 Å². The number of hydrogen-bond acceptors (Lipinski definition) is 5. The van der Waals surface area contributed by atoms with Crippen LogP contribution in [0.2, 0.25) is 0 Å². The van der Waals surface area contributed by atoms with Crippen LogP contribution in [0.4, 0.5) is 10.5 Å². The second kappa shape index (κ2) is 7.90. The quantitative estimate of drug-likeness (QED) is 0.753. The highest BCUT2D eigenvalue weighted by Crippen LogP contribution is 2.37. The number of amides is 2. The molecule has 0 aliphatic carbocycles. The molecule has 0 bridgehead atoms. The van der Waals surface area contributed by atoms with Gasteiger partial charge in [0, 0.05) is 0 Å². The lowest BCUT2D eigenvalue weighted by Gasteiger charge is -2.15. The molecule has 1 aliphatic rings. The van der Waals surface area contributed by atoms with Crippen molar-refractivity contribution in [2.75, 3.05) is 4.90 Å². The van der Waals surface area contributed by atoms with Gasteiger partial charge in [-0.05, 0) is 67.9 Å². The maximum atomic E-state index is 12.8. The maximum absolute atomic E-state index is 12.8. The molecule has 1 atom stereocenters. The number of nitrogens with zero attached hydrogens (tertiary/aromatic N) is 1. The Labute approximate surface area is 166 Å². The predicted molar refractivity (Wildman–Crippen MR) is 109 cm³/mol. The Morgan fingerprint density at radius 3 is 2.43 bits per heavy atom. The third kappa shape index (κ3) is 4.09. The molecule has 1 heterocycles. The first-order valence-corrected chi connectivity index (χ1v) is 9.42. The minimum atomic E-state index is -1.05. The summed E-state index contributed by atoms with van der Waals surface area (Å²) in [6.45, 7) is 5.26. The van der Waals surface area contributed by atoms with Gasteiger partial charge in [0.05, 0.1) is 10.6 Å². The van der Waals surface area contributed by atoms with E-state index >= 15 is 0 Å². The van der Waals surface area contributed by atoms with Gasteiger partial charge in [-0.15, -0.1) is 0 Å². The van der Waals surface area contributed by atoms with E-state index in [2.05, 4.69) is 0 Å². The van der Waals surface area contributed by atoms with E-state index < -0.39 is 12.1 Å². The molecule has 0 saturated carbocycles. The van der Waals surface area contributed by atoms with Gasteiger partial charge in [-0.3, -0.25) is 9.59 Å². The number of carboxylic acid groups (broad SMARTS) is 1. The number of carbonyl (C=O) groups is 3. The molecule has 1 aliphatic heterocycles. The Balaban J connectivity index is 1.81. The highest BCUT2D eigenvalue weighted by molar-refractivity contribution is 8.19. The van der Waals surface area contributed by atoms with Gasteiger partial charge in [0.1, 0.15) is 5.75 Å². The average molecular weight is 397 g/mol. The Hall–Kier alpha value is -3.06. The van der Waals surface area contributed by atoms with Crippen molar-refractivity contribution in [1.82, 2.24) is 0 Å². The van der Waals surface area contributed by atoms with Gasteiger partial charge in [-0.25, -0.2) is 9.69 Å². The monoisotopic (exact) mass is 397 g/mol. The number of anilines is 1. The SMILES string of the molecule is Cc1ccc(N2C(=O)S/C(=C/c3ccc(OC(C)C(=O)O)cc3)C2=O)c(C)c1. The van der Waals surface area contributed by atoms with Crippen LogP contribution in [0.3, 0.4) is 0 Å². The fourth-order valence-corrected chi connectivity index (χ4v) is 3.61. The van der Waals surface area contributed by atoms with Crippen molar-refractivity contribution in [1.29, 1.82) is 0 Å². The average Bonchev–Trinajstić information content (AvgIpc) is 2.90. The lowest BCUT2D eigenvalue weighted by atomic mass is 10.1. The molecule has 1 saturated heterocycles. The normalized spacial score (nSPS) is 16.5. The zero-order valence-electron chi connectivity index (χ0n) is 15.6. The molecule has 1 fully saturated rings. The molecule has 6 nitrogen and oxygen atoms in total. The molecular weight excluding hydrogens is 378 g/mol. The number of hydrogen-bond donors (Lipinski definition) is 1. The largest absolute Gasteiger partial charge is 0.479 e. The van der Waals surface area contributed by atoms with Crippen molar-refractivity contribution in [2.24, 2.45) is 0 Å². The van der Waals surface area contributed by atoms with Gasteiger partial charge < -0.3 is 9.84 Å². The third-order valence-corrected chi connectivity index (χ3v) is 5.09. The van der Waals surface area contributed by atoms with E-state index in [1.807, 2.05) is 26.0 Å². The van der Waals surface area contributed by atoms with Gasteiger partial charge in [-0.1, -0.05) is 29.8 Å². The molecule has 0 aromatic heterocycles. The van der Waals surface area contributed by atoms with Gasteiger partial charge in [0.25, 0.3) is 11.1 Å². The van der Waals surface area contributed by atoms with Crippen LogP contribution in [-0.4, -0.2) is 28.3 Å². The number of benzene rings is 2. The van der Waals surface area contributed by atoms with E-state index in [-0.39, 0.29) is 11.1 Å². The highest BCUT2D eigenvalue weighted by atomic mass is 32.2. The second-order valence-electron chi connectivity index (χ2n) is 6.47. The van der Waals surface area contributed by atoms with Gasteiger partial charge >= 0.3 is 5.97 Å². The minimum absolute atomic E-state index is 0.331. The molecular formula is C21H19NO5S. The Bertz CT molecular complexity index is 981. The van der Waals surface area contributed by atoms with E-state index in [4.69, 9.17) is 9.84 Å². The Morgan fingerprint density at radius 1 is 1.14 bits per heavy atom. The summed E-state index contributed by atoms with van der Waals surface area (Å²) in [4.78, 5) is 37.6. The number of aliphatic carboxylic acids is 1. The molecule has 2 aromatic carbocycles. The number of rotatable bonds is 5. The molecule has 3 rings (SSSR count). The summed E-state index contributed by atoms with van der Waals surface area (Å²) < 4.78 is 5.28. The van der Waals surface area contributed by atoms with Crippen molar-refractivity contribution in [3.8, 4) is 5.75 Å². The van der Waals surface area contributed by atoms with Crippen LogP contribution < -0.4 is 9.64 Å². The molecule has 28 heavy (non-hydrogen) atoms. The lowest BCUT2D eigenvalue weighted by Crippen LogP contribution is -2.28. The molecule has 1 N–H and O–H groups in total. The predicted octanol–water partition coefficient (Wildman–Crippen LogP) is 4.40. The fourth-order valence-electron chi connectivity index (χ4n) is 2.78.